The van der Waals surface area contributed by atoms with Crippen LogP contribution in [0, 0.1) is 0 Å². The third-order valence-corrected chi connectivity index (χ3v) is 5.74. The molecule has 3 aromatic rings. The van der Waals surface area contributed by atoms with Gasteiger partial charge in [-0.25, -0.2) is 9.78 Å². The number of aliphatic imine (C=N–C) groups is 1. The predicted octanol–water partition coefficient (Wildman–Crippen LogP) is 4.42. The Balaban J connectivity index is 1.98. The number of imidazole rings is 1. The van der Waals surface area contributed by atoms with E-state index < -0.39 is 5.97 Å². The maximum absolute atomic E-state index is 12.5. The first-order valence-corrected chi connectivity index (χ1v) is 10.6. The van der Waals surface area contributed by atoms with E-state index in [4.69, 9.17) is 32.9 Å². The number of nitrogens with zero attached hydrogens (tertiary/aromatic N) is 4. The molecule has 160 valence electrons. The number of hydrogen-bond acceptors (Lipinski definition) is 5. The third kappa shape index (κ3) is 4.11. The average Bonchev–Trinajstić information content (AvgIpc) is 3.03. The molecule has 2 heterocycles. The SMILES string of the molecule is COC(=O)c1nc(CCN(C)C)n2c1CN=C(c1ccccc1Cl)c1cc(Cl)ccc1-2. The lowest BCUT2D eigenvalue weighted by Crippen LogP contribution is -2.18. The van der Waals surface area contributed by atoms with Gasteiger partial charge in [-0.1, -0.05) is 41.4 Å². The normalized spacial score (nSPS) is 12.8. The summed E-state index contributed by atoms with van der Waals surface area (Å²) in [5.41, 5.74) is 4.18. The highest BCUT2D eigenvalue weighted by molar-refractivity contribution is 6.36. The van der Waals surface area contributed by atoms with Gasteiger partial charge >= 0.3 is 5.97 Å². The van der Waals surface area contributed by atoms with E-state index in [-0.39, 0.29) is 12.2 Å². The van der Waals surface area contributed by atoms with Gasteiger partial charge in [0.1, 0.15) is 5.82 Å². The van der Waals surface area contributed by atoms with Gasteiger partial charge in [0.05, 0.1) is 30.7 Å². The molecule has 0 atom stereocenters. The van der Waals surface area contributed by atoms with Crippen LogP contribution in [0.25, 0.3) is 5.69 Å². The minimum atomic E-state index is -0.480. The molecule has 0 radical (unpaired) electrons. The number of fused-ring (bicyclic) bond motifs is 3. The Morgan fingerprint density at radius 2 is 1.94 bits per heavy atom. The molecular weight excluding hydrogens is 435 g/mol. The van der Waals surface area contributed by atoms with Crippen LogP contribution in [0.3, 0.4) is 0 Å². The van der Waals surface area contributed by atoms with E-state index in [1.165, 1.54) is 7.11 Å². The summed E-state index contributed by atoms with van der Waals surface area (Å²) in [6, 6.07) is 13.2. The van der Waals surface area contributed by atoms with E-state index in [1.807, 2.05) is 61.1 Å². The van der Waals surface area contributed by atoms with Crippen molar-refractivity contribution in [1.29, 1.82) is 0 Å². The number of carbonyl (C=O) groups is 1. The highest BCUT2D eigenvalue weighted by atomic mass is 35.5. The second-order valence-electron chi connectivity index (χ2n) is 7.51. The predicted molar refractivity (Wildman–Crippen MR) is 123 cm³/mol. The van der Waals surface area contributed by atoms with Crippen LogP contribution in [0.1, 0.15) is 33.1 Å². The standard InChI is InChI=1S/C23H22Cl2N4O2/c1-28(2)11-10-20-27-22(23(30)31-3)19-13-26-21(15-6-4-5-7-17(15)25)16-12-14(24)8-9-18(16)29(19)20/h4-9,12H,10-11,13H2,1-3H3. The van der Waals surface area contributed by atoms with Crippen molar-refractivity contribution in [3.05, 3.63) is 80.8 Å². The zero-order valence-electron chi connectivity index (χ0n) is 17.5. The van der Waals surface area contributed by atoms with Crippen molar-refractivity contribution in [3.8, 4) is 5.69 Å². The maximum atomic E-state index is 12.5. The lowest BCUT2D eigenvalue weighted by Gasteiger charge is -2.16. The summed E-state index contributed by atoms with van der Waals surface area (Å²) in [6.45, 7) is 1.03. The van der Waals surface area contributed by atoms with Gasteiger partial charge in [-0.15, -0.1) is 0 Å². The molecule has 6 nitrogen and oxygen atoms in total. The highest BCUT2D eigenvalue weighted by Gasteiger charge is 2.28. The Kier molecular flexibility index (Phi) is 6.14. The second kappa shape index (κ2) is 8.83. The van der Waals surface area contributed by atoms with Gasteiger partial charge in [-0.3, -0.25) is 9.56 Å². The summed E-state index contributed by atoms with van der Waals surface area (Å²) >= 11 is 12.9. The van der Waals surface area contributed by atoms with Crippen LogP contribution in [0.2, 0.25) is 10.0 Å². The molecule has 0 bridgehead atoms. The Hall–Kier alpha value is -2.67. The minimum absolute atomic E-state index is 0.256. The van der Waals surface area contributed by atoms with E-state index >= 15 is 0 Å². The Morgan fingerprint density at radius 3 is 2.65 bits per heavy atom. The maximum Gasteiger partial charge on any atom is 0.358 e. The van der Waals surface area contributed by atoms with Crippen LogP contribution < -0.4 is 0 Å². The van der Waals surface area contributed by atoms with Crippen LogP contribution in [0.5, 0.6) is 0 Å². The molecule has 4 rings (SSSR count). The number of ether oxygens (including phenoxy) is 1. The number of hydrogen-bond donors (Lipinski definition) is 0. The number of rotatable bonds is 5. The molecule has 0 amide bonds. The summed E-state index contributed by atoms with van der Waals surface area (Å²) in [7, 11) is 5.36. The second-order valence-corrected chi connectivity index (χ2v) is 8.35. The topological polar surface area (TPSA) is 59.7 Å². The van der Waals surface area contributed by atoms with E-state index in [1.54, 1.807) is 0 Å². The van der Waals surface area contributed by atoms with Gasteiger partial charge in [0.2, 0.25) is 0 Å². The van der Waals surface area contributed by atoms with Gasteiger partial charge in [0.25, 0.3) is 0 Å². The van der Waals surface area contributed by atoms with Gasteiger partial charge in [-0.05, 0) is 38.4 Å². The third-order valence-electron chi connectivity index (χ3n) is 5.17. The first-order chi connectivity index (χ1) is 14.9. The summed E-state index contributed by atoms with van der Waals surface area (Å²) in [4.78, 5) is 24.1. The molecule has 1 aromatic heterocycles. The lowest BCUT2D eigenvalue weighted by molar-refractivity contribution is 0.0593. The number of methoxy groups -OCH3 is 1. The highest BCUT2D eigenvalue weighted by Crippen LogP contribution is 2.32. The fraction of sp³-hybridized carbons (Fsp3) is 0.261. The first-order valence-electron chi connectivity index (χ1n) is 9.84. The van der Waals surface area contributed by atoms with Crippen LogP contribution in [-0.2, 0) is 17.7 Å². The molecule has 0 unspecified atom stereocenters. The van der Waals surface area contributed by atoms with E-state index in [2.05, 4.69) is 9.88 Å². The largest absolute Gasteiger partial charge is 0.464 e. The van der Waals surface area contributed by atoms with Crippen molar-refractivity contribution in [1.82, 2.24) is 14.5 Å². The Labute approximate surface area is 191 Å². The van der Waals surface area contributed by atoms with Crippen LogP contribution in [0.4, 0.5) is 0 Å². The molecule has 0 saturated heterocycles. The van der Waals surface area contributed by atoms with E-state index in [0.717, 1.165) is 34.9 Å². The molecule has 1 aliphatic rings. The average molecular weight is 457 g/mol. The zero-order valence-corrected chi connectivity index (χ0v) is 19.0. The van der Waals surface area contributed by atoms with Crippen LogP contribution in [-0.4, -0.2) is 53.9 Å². The molecule has 31 heavy (non-hydrogen) atoms. The quantitative estimate of drug-likeness (QED) is 0.533. The van der Waals surface area contributed by atoms with Crippen molar-refractivity contribution in [2.24, 2.45) is 4.99 Å². The fourth-order valence-corrected chi connectivity index (χ4v) is 4.10. The van der Waals surface area contributed by atoms with Gasteiger partial charge in [0.15, 0.2) is 5.69 Å². The molecular formula is C23H22Cl2N4O2. The molecule has 0 aliphatic carbocycles. The zero-order chi connectivity index (χ0) is 22.1. The number of likely N-dealkylation sites (N-methyl/N-ethyl adjacent to an activating group) is 1. The number of halogens is 2. The van der Waals surface area contributed by atoms with Crippen LogP contribution >= 0.6 is 23.2 Å². The monoisotopic (exact) mass is 456 g/mol. The van der Waals surface area contributed by atoms with E-state index in [9.17, 15) is 4.79 Å². The van der Waals surface area contributed by atoms with Gasteiger partial charge < -0.3 is 9.64 Å². The van der Waals surface area contributed by atoms with Crippen molar-refractivity contribution in [2.75, 3.05) is 27.7 Å². The molecule has 2 aromatic carbocycles. The molecule has 1 aliphatic heterocycles. The Morgan fingerprint density at radius 1 is 1.16 bits per heavy atom. The van der Waals surface area contributed by atoms with Crippen molar-refractivity contribution in [2.45, 2.75) is 13.0 Å². The van der Waals surface area contributed by atoms with Gasteiger partial charge in [0, 0.05) is 34.1 Å². The summed E-state index contributed by atoms with van der Waals surface area (Å²) in [5, 5.41) is 1.18. The van der Waals surface area contributed by atoms with Crippen molar-refractivity contribution >= 4 is 34.9 Å². The summed E-state index contributed by atoms with van der Waals surface area (Å²) < 4.78 is 7.01. The number of benzene rings is 2. The fourth-order valence-electron chi connectivity index (χ4n) is 3.70. The Bertz CT molecular complexity index is 1180. The lowest BCUT2D eigenvalue weighted by atomic mass is 10.0. The smallest absolute Gasteiger partial charge is 0.358 e. The van der Waals surface area contributed by atoms with Gasteiger partial charge in [-0.2, -0.15) is 0 Å². The van der Waals surface area contributed by atoms with Crippen molar-refractivity contribution < 1.29 is 9.53 Å². The van der Waals surface area contributed by atoms with E-state index in [0.29, 0.717) is 22.2 Å². The number of carbonyl (C=O) groups excluding carboxylic acids is 1. The molecule has 0 fully saturated rings. The molecule has 8 heteroatoms. The van der Waals surface area contributed by atoms with Crippen LogP contribution in [0.15, 0.2) is 47.5 Å². The molecule has 0 spiro atoms. The molecule has 0 N–H and O–H groups in total. The number of esters is 1. The number of aromatic nitrogens is 2. The summed E-state index contributed by atoms with van der Waals surface area (Å²) in [5.74, 6) is 0.287. The summed E-state index contributed by atoms with van der Waals surface area (Å²) in [6.07, 6.45) is 0.653. The van der Waals surface area contributed by atoms with Crippen molar-refractivity contribution in [3.63, 3.8) is 0 Å². The minimum Gasteiger partial charge on any atom is -0.464 e. The molecule has 0 saturated carbocycles. The first kappa shape index (κ1) is 21.6.